The lowest BCUT2D eigenvalue weighted by Gasteiger charge is -2.42. The molecule has 354 valence electrons. The molecule has 6 aliphatic rings. The van der Waals surface area contributed by atoms with E-state index in [-0.39, 0.29) is 50.5 Å². The molecule has 5 aromatic rings. The second kappa shape index (κ2) is 18.3. The number of ketones is 1. The quantitative estimate of drug-likeness (QED) is 0.129. The molecule has 70 heavy (non-hydrogen) atoms. The zero-order valence-electron chi connectivity index (χ0n) is 38.6. The molecule has 2 saturated heterocycles. The van der Waals surface area contributed by atoms with Crippen LogP contribution in [-0.4, -0.2) is 86.5 Å². The number of amides is 4. The van der Waals surface area contributed by atoms with Crippen molar-refractivity contribution in [1.82, 2.24) is 30.3 Å². The van der Waals surface area contributed by atoms with E-state index >= 15 is 0 Å². The predicted octanol–water partition coefficient (Wildman–Crippen LogP) is 7.77. The lowest BCUT2D eigenvalue weighted by atomic mass is 9.71. The zero-order chi connectivity index (χ0) is 48.1. The van der Waals surface area contributed by atoms with Crippen LogP contribution < -0.4 is 10.6 Å². The van der Waals surface area contributed by atoms with Gasteiger partial charge in [-0.3, -0.25) is 24.2 Å². The van der Waals surface area contributed by atoms with Gasteiger partial charge in [0.15, 0.2) is 5.78 Å². The lowest BCUT2D eigenvalue weighted by Crippen LogP contribution is -2.50. The summed E-state index contributed by atoms with van der Waals surface area (Å²) < 4.78 is 20.6. The number of alkyl halides is 1. The molecule has 14 heteroatoms. The number of aliphatic imine (C=N–C) groups is 1. The van der Waals surface area contributed by atoms with Gasteiger partial charge in [-0.15, -0.1) is 0 Å². The average Bonchev–Trinajstić information content (AvgIpc) is 4.17. The van der Waals surface area contributed by atoms with E-state index in [1.165, 1.54) is 4.90 Å². The maximum Gasteiger partial charge on any atom is 0.408 e. The largest absolute Gasteiger partial charge is 0.445 e. The number of aromatic nitrogens is 1. The Morgan fingerprint density at radius 1 is 0.857 bits per heavy atom. The number of carbonyl (C=O) groups is 5. The van der Waals surface area contributed by atoms with Crippen LogP contribution in [0.2, 0.25) is 0 Å². The van der Waals surface area contributed by atoms with E-state index in [0.29, 0.717) is 25.2 Å². The van der Waals surface area contributed by atoms with Crippen molar-refractivity contribution in [1.29, 1.82) is 0 Å². The highest BCUT2D eigenvalue weighted by molar-refractivity contribution is 6.08. The number of carbonyl (C=O) groups excluding carboxylic acids is 5. The number of nitrogens with zero attached hydrogens (tertiary/aromatic N) is 5. The topological polar surface area (TPSA) is 154 Å². The third-order valence-electron chi connectivity index (χ3n) is 14.8. The third-order valence-corrected chi connectivity index (χ3v) is 14.8. The molecule has 0 unspecified atom stereocenters. The minimum Gasteiger partial charge on any atom is -0.445 e. The highest BCUT2D eigenvalue weighted by Crippen LogP contribution is 2.43. The summed E-state index contributed by atoms with van der Waals surface area (Å²) in [5, 5.41) is 5.87. The van der Waals surface area contributed by atoms with Gasteiger partial charge in [-0.2, -0.15) is 0 Å². The number of halogens is 1. The van der Waals surface area contributed by atoms with Gasteiger partial charge in [0.05, 0.1) is 36.1 Å². The molecule has 1 aliphatic carbocycles. The molecule has 13 nitrogen and oxygen atoms in total. The summed E-state index contributed by atoms with van der Waals surface area (Å²) in [6.45, 7) is 5.44. The number of likely N-dealkylation sites (tertiary alicyclic amines) is 1. The predicted molar refractivity (Wildman–Crippen MR) is 261 cm³/mol. The monoisotopic (exact) mass is 937 g/mol. The molecule has 4 atom stereocenters. The summed E-state index contributed by atoms with van der Waals surface area (Å²) in [5.74, 6) is -1.21. The lowest BCUT2D eigenvalue weighted by molar-refractivity contribution is -0.139. The van der Waals surface area contributed by atoms with Crippen molar-refractivity contribution >= 4 is 41.5 Å². The van der Waals surface area contributed by atoms with E-state index in [1.807, 2.05) is 59.6 Å². The van der Waals surface area contributed by atoms with Gasteiger partial charge in [0.2, 0.25) is 17.7 Å². The van der Waals surface area contributed by atoms with Crippen LogP contribution in [0.4, 0.5) is 9.18 Å². The van der Waals surface area contributed by atoms with Crippen molar-refractivity contribution < 1.29 is 33.1 Å². The molecule has 4 aromatic carbocycles. The molecule has 4 amide bonds. The van der Waals surface area contributed by atoms with Crippen LogP contribution in [0.3, 0.4) is 0 Å². The number of alkyl carbamates (subject to hydrolysis) is 1. The third kappa shape index (κ3) is 8.56. The van der Waals surface area contributed by atoms with Crippen LogP contribution in [0.1, 0.15) is 77.6 Å². The number of rotatable bonds is 12. The van der Waals surface area contributed by atoms with Crippen LogP contribution >= 0.6 is 0 Å². The minimum absolute atomic E-state index is 0.00783. The summed E-state index contributed by atoms with van der Waals surface area (Å²) in [7, 11) is 0. The van der Waals surface area contributed by atoms with Crippen molar-refractivity contribution in [2.75, 3.05) is 13.1 Å². The molecule has 0 radical (unpaired) electrons. The molecular formula is C56H52FN7O6. The molecule has 11 rings (SSSR count). The van der Waals surface area contributed by atoms with Crippen molar-refractivity contribution in [2.45, 2.75) is 88.4 Å². The first-order valence-corrected chi connectivity index (χ1v) is 24.0. The fourth-order valence-electron chi connectivity index (χ4n) is 10.8. The number of ether oxygens (including phenoxy) is 1. The number of Topliss-reactive ketones (excluding diaryl/α,β-unsaturated/α-hetero) is 1. The van der Waals surface area contributed by atoms with Gasteiger partial charge in [-0.25, -0.2) is 14.2 Å². The Kier molecular flexibility index (Phi) is 11.7. The van der Waals surface area contributed by atoms with E-state index in [9.17, 15) is 28.4 Å². The fourth-order valence-corrected chi connectivity index (χ4v) is 10.8. The van der Waals surface area contributed by atoms with Gasteiger partial charge in [-0.05, 0) is 71.2 Å². The van der Waals surface area contributed by atoms with Gasteiger partial charge in [0.25, 0.3) is 0 Å². The van der Waals surface area contributed by atoms with Gasteiger partial charge in [-0.1, -0.05) is 110 Å². The second-order valence-electron chi connectivity index (χ2n) is 19.3. The highest BCUT2D eigenvalue weighted by atomic mass is 19.1. The standard InChI is InChI=1S/C56H52FN7O6/c1-34-29-58-52-45-28-44(37-8-3-2-4-9-37)51(59-46(45)20-23-63(34)52)38-16-18-42(19-17-38)56(21-7-22-56)61-55(69)70-33-36-14-12-35(13-15-36)24-49(65)48-27-43(57)32-64(48)54(68)47-25-41(53(67)60-47)26-50(66)62-30-39-10-5-6-11-40(39)31-62/h2-6,8-20,23,28,41,43,47-48H,1,7,21-22,24-27,29-33H2,(H,60,67)(H,61,69)/t41-,43-,47-,48-/m0/s1. The van der Waals surface area contributed by atoms with Crippen LogP contribution in [0.15, 0.2) is 133 Å². The van der Waals surface area contributed by atoms with Gasteiger partial charge in [0.1, 0.15) is 24.7 Å². The molecule has 0 bridgehead atoms. The maximum atomic E-state index is 14.9. The summed E-state index contributed by atoms with van der Waals surface area (Å²) in [6.07, 6.45) is 4.47. The molecule has 1 saturated carbocycles. The average molecular weight is 938 g/mol. The molecule has 5 aliphatic heterocycles. The smallest absolute Gasteiger partial charge is 0.408 e. The first kappa shape index (κ1) is 44.7. The number of amidine groups is 1. The van der Waals surface area contributed by atoms with Gasteiger partial charge in [0, 0.05) is 66.9 Å². The molecule has 2 N–H and O–H groups in total. The first-order valence-electron chi connectivity index (χ1n) is 24.0. The Morgan fingerprint density at radius 2 is 1.57 bits per heavy atom. The molecule has 6 heterocycles. The number of pyridine rings is 1. The highest BCUT2D eigenvalue weighted by Gasteiger charge is 2.46. The Hall–Kier alpha value is -7.74. The minimum atomic E-state index is -1.38. The number of fused-ring (bicyclic) bond motifs is 4. The number of hydrogen-bond donors (Lipinski definition) is 2. The van der Waals surface area contributed by atoms with E-state index < -0.39 is 47.6 Å². The van der Waals surface area contributed by atoms with Crippen LogP contribution in [0.5, 0.6) is 0 Å². The van der Waals surface area contributed by atoms with E-state index in [1.54, 1.807) is 29.2 Å². The normalized spacial score (nSPS) is 21.6. The molecule has 3 fully saturated rings. The van der Waals surface area contributed by atoms with Gasteiger partial charge >= 0.3 is 6.09 Å². The van der Waals surface area contributed by atoms with Crippen molar-refractivity contribution in [3.63, 3.8) is 0 Å². The van der Waals surface area contributed by atoms with Crippen molar-refractivity contribution in [2.24, 2.45) is 10.9 Å². The van der Waals surface area contributed by atoms with E-state index in [2.05, 4.69) is 59.7 Å². The van der Waals surface area contributed by atoms with E-state index in [4.69, 9.17) is 14.7 Å². The fraction of sp³-hybridized carbons (Fsp3) is 0.304. The maximum absolute atomic E-state index is 14.9. The Balaban J connectivity index is 0.689. The number of nitrogens with one attached hydrogen (secondary N) is 2. The molecule has 0 spiro atoms. The number of benzene rings is 4. The summed E-state index contributed by atoms with van der Waals surface area (Å²) in [4.78, 5) is 81.8. The van der Waals surface area contributed by atoms with Crippen molar-refractivity contribution in [3.05, 3.63) is 167 Å². The SMILES string of the molecule is C=C1CN=C2c3cc(-c4ccccc4)c(-c4ccc(C5(NC(=O)OCc6ccc(CC(=O)[C@@H]7C[C@H](F)CN7C(=O)[C@@H]7C[C@@H](CC(=O)N8Cc9ccccc9C8)C(=O)N7)cc6)CCC5)cc4)nc3C=CN12. The Morgan fingerprint density at radius 3 is 2.29 bits per heavy atom. The van der Waals surface area contributed by atoms with Crippen LogP contribution in [0, 0.1) is 5.92 Å². The van der Waals surface area contributed by atoms with Crippen LogP contribution in [-0.2, 0) is 55.6 Å². The first-order chi connectivity index (χ1) is 34.0. The van der Waals surface area contributed by atoms with Crippen LogP contribution in [0.25, 0.3) is 28.5 Å². The number of hydrogen-bond acceptors (Lipinski definition) is 9. The summed E-state index contributed by atoms with van der Waals surface area (Å²) in [6, 6.07) is 33.6. The van der Waals surface area contributed by atoms with Gasteiger partial charge < -0.3 is 30.1 Å². The Bertz CT molecular complexity index is 2980. The summed E-state index contributed by atoms with van der Waals surface area (Å²) in [5.41, 5.74) is 10.5. The van der Waals surface area contributed by atoms with E-state index in [0.717, 1.165) is 86.7 Å². The Labute approximate surface area is 405 Å². The molecular weight excluding hydrogens is 886 g/mol. The van der Waals surface area contributed by atoms with Crippen molar-refractivity contribution in [3.8, 4) is 22.4 Å². The second-order valence-corrected chi connectivity index (χ2v) is 19.3. The zero-order valence-corrected chi connectivity index (χ0v) is 38.6. The molecule has 1 aromatic heterocycles. The summed E-state index contributed by atoms with van der Waals surface area (Å²) >= 11 is 0.